The lowest BCUT2D eigenvalue weighted by Crippen LogP contribution is -2.23. The van der Waals surface area contributed by atoms with Gasteiger partial charge in [0.2, 0.25) is 0 Å². The molecule has 4 rings (SSSR count). The molecule has 0 heterocycles. The Labute approximate surface area is 272 Å². The third-order valence-corrected chi connectivity index (χ3v) is 8.75. The lowest BCUT2D eigenvalue weighted by Gasteiger charge is -2.31. The summed E-state index contributed by atoms with van der Waals surface area (Å²) in [4.78, 5) is 45.4. The highest BCUT2D eigenvalue weighted by molar-refractivity contribution is 5.99. The summed E-state index contributed by atoms with van der Waals surface area (Å²) in [5.74, 6) is 0.388. The number of anilines is 2. The summed E-state index contributed by atoms with van der Waals surface area (Å²) >= 11 is 0. The zero-order valence-corrected chi connectivity index (χ0v) is 27.9. The van der Waals surface area contributed by atoms with Crippen LogP contribution in [0.3, 0.4) is 0 Å². The molecular weight excluding hydrogens is 580 g/mol. The molecule has 0 bridgehead atoms. The molecule has 0 saturated heterocycles. The van der Waals surface area contributed by atoms with Crippen molar-refractivity contribution in [1.82, 2.24) is 0 Å². The normalized spacial score (nSPS) is 15.9. The maximum Gasteiger partial charge on any atom is 0.335 e. The molecule has 4 N–H and O–H groups in total. The Bertz CT molecular complexity index is 1450. The molecular formula is C38H48N2O6. The molecule has 0 aromatic heterocycles. The number of Topliss-reactive ketones (excluding diaryl/α,β-unsaturated/α-hetero) is 2. The first kappa shape index (κ1) is 36.0. The van der Waals surface area contributed by atoms with Gasteiger partial charge < -0.3 is 20.8 Å². The van der Waals surface area contributed by atoms with E-state index in [-0.39, 0.29) is 22.7 Å². The second-order valence-electron chi connectivity index (χ2n) is 13.0. The Morgan fingerprint density at radius 3 is 1.54 bits per heavy atom. The molecule has 1 aliphatic carbocycles. The minimum absolute atomic E-state index is 0.107. The van der Waals surface area contributed by atoms with Crippen molar-refractivity contribution in [3.05, 3.63) is 94.0 Å². The largest absolute Gasteiger partial charge is 0.478 e. The van der Waals surface area contributed by atoms with E-state index in [1.807, 2.05) is 0 Å². The number of benzene rings is 3. The molecule has 8 nitrogen and oxygen atoms in total. The van der Waals surface area contributed by atoms with Crippen molar-refractivity contribution in [2.75, 3.05) is 17.2 Å². The quantitative estimate of drug-likeness (QED) is 0.146. The van der Waals surface area contributed by atoms with E-state index in [9.17, 15) is 24.3 Å². The Kier molecular flexibility index (Phi) is 13.1. The molecule has 3 aromatic rings. The summed E-state index contributed by atoms with van der Waals surface area (Å²) in [7, 11) is 0. The van der Waals surface area contributed by atoms with Crippen molar-refractivity contribution in [3.63, 3.8) is 0 Å². The summed E-state index contributed by atoms with van der Waals surface area (Å²) in [5.41, 5.74) is 4.82. The summed E-state index contributed by atoms with van der Waals surface area (Å²) in [6.45, 7) is 13.2. The van der Waals surface area contributed by atoms with Crippen LogP contribution in [0.15, 0.2) is 60.7 Å². The zero-order valence-electron chi connectivity index (χ0n) is 27.9. The third-order valence-electron chi connectivity index (χ3n) is 8.75. The van der Waals surface area contributed by atoms with Gasteiger partial charge in [-0.3, -0.25) is 9.59 Å². The van der Waals surface area contributed by atoms with Crippen LogP contribution >= 0.6 is 0 Å². The molecule has 8 heteroatoms. The Hall–Kier alpha value is -4.46. The van der Waals surface area contributed by atoms with Gasteiger partial charge >= 0.3 is 11.9 Å². The van der Waals surface area contributed by atoms with Crippen LogP contribution in [0.5, 0.6) is 0 Å². The van der Waals surface area contributed by atoms with Crippen LogP contribution in [0.1, 0.15) is 126 Å². The third kappa shape index (κ3) is 10.9. The van der Waals surface area contributed by atoms with E-state index < -0.39 is 11.9 Å². The minimum atomic E-state index is -1.04. The second kappa shape index (κ2) is 16.7. The second-order valence-corrected chi connectivity index (χ2v) is 13.0. The Balaban J connectivity index is 0.000000250. The molecule has 3 aromatic carbocycles. The number of rotatable bonds is 12. The average Bonchev–Trinajstić information content (AvgIpc) is 3.03. The predicted octanol–water partition coefficient (Wildman–Crippen LogP) is 8.78. The number of hydrogen-bond donors (Lipinski definition) is 4. The summed E-state index contributed by atoms with van der Waals surface area (Å²) in [5, 5.41) is 24.8. The number of aromatic carboxylic acids is 2. The van der Waals surface area contributed by atoms with Crippen molar-refractivity contribution >= 4 is 34.9 Å². The van der Waals surface area contributed by atoms with E-state index in [0.29, 0.717) is 35.2 Å². The van der Waals surface area contributed by atoms with E-state index in [4.69, 9.17) is 5.11 Å². The molecule has 1 saturated carbocycles. The van der Waals surface area contributed by atoms with Gasteiger partial charge in [-0.25, -0.2) is 9.59 Å². The first-order valence-corrected chi connectivity index (χ1v) is 16.1. The van der Waals surface area contributed by atoms with Gasteiger partial charge in [-0.2, -0.15) is 0 Å². The van der Waals surface area contributed by atoms with Crippen LogP contribution in [0.2, 0.25) is 0 Å². The number of carboxylic acid groups (broad SMARTS) is 2. The van der Waals surface area contributed by atoms with Gasteiger partial charge in [-0.1, -0.05) is 52.0 Å². The van der Waals surface area contributed by atoms with Gasteiger partial charge in [0.05, 0.1) is 11.1 Å². The SMILES string of the molecule is CC(=O)c1cc(NCC2CCC(C(C)C)CC2)cc(C(=O)O)c1.CC(=O)c1cc(NCc2ccc(C(C)C)cc2)cc(C(=O)O)c1. The van der Waals surface area contributed by atoms with Gasteiger partial charge in [-0.05, 0) is 111 Å². The van der Waals surface area contributed by atoms with E-state index in [0.717, 1.165) is 29.6 Å². The minimum Gasteiger partial charge on any atom is -0.478 e. The highest BCUT2D eigenvalue weighted by Gasteiger charge is 2.23. The molecule has 0 spiro atoms. The van der Waals surface area contributed by atoms with Crippen LogP contribution in [-0.2, 0) is 6.54 Å². The maximum absolute atomic E-state index is 11.6. The van der Waals surface area contributed by atoms with Crippen LogP contribution in [-0.4, -0.2) is 40.3 Å². The fourth-order valence-corrected chi connectivity index (χ4v) is 5.66. The summed E-state index contributed by atoms with van der Waals surface area (Å²) in [6, 6.07) is 17.7. The highest BCUT2D eigenvalue weighted by Crippen LogP contribution is 2.33. The smallest absolute Gasteiger partial charge is 0.335 e. The Morgan fingerprint density at radius 2 is 1.13 bits per heavy atom. The number of carbonyl (C=O) groups is 4. The number of carboxylic acids is 2. The Morgan fingerprint density at radius 1 is 0.674 bits per heavy atom. The van der Waals surface area contributed by atoms with E-state index in [2.05, 4.69) is 62.6 Å². The first-order chi connectivity index (χ1) is 21.7. The lowest BCUT2D eigenvalue weighted by atomic mass is 9.77. The van der Waals surface area contributed by atoms with Crippen molar-refractivity contribution < 1.29 is 29.4 Å². The molecule has 1 fully saturated rings. The summed E-state index contributed by atoms with van der Waals surface area (Å²) in [6.07, 6.45) is 4.98. The van der Waals surface area contributed by atoms with Gasteiger partial charge in [-0.15, -0.1) is 0 Å². The fourth-order valence-electron chi connectivity index (χ4n) is 5.66. The molecule has 46 heavy (non-hydrogen) atoms. The number of nitrogens with one attached hydrogen (secondary N) is 2. The van der Waals surface area contributed by atoms with Gasteiger partial charge in [0.1, 0.15) is 0 Å². The van der Waals surface area contributed by atoms with Crippen molar-refractivity contribution in [3.8, 4) is 0 Å². The van der Waals surface area contributed by atoms with Crippen molar-refractivity contribution in [2.24, 2.45) is 17.8 Å². The average molecular weight is 629 g/mol. The highest BCUT2D eigenvalue weighted by atomic mass is 16.4. The van der Waals surface area contributed by atoms with Gasteiger partial charge in [0.25, 0.3) is 0 Å². The monoisotopic (exact) mass is 628 g/mol. The van der Waals surface area contributed by atoms with Crippen molar-refractivity contribution in [2.45, 2.75) is 79.7 Å². The fraction of sp³-hybridized carbons (Fsp3) is 0.421. The molecule has 0 unspecified atom stereocenters. The zero-order chi connectivity index (χ0) is 34.0. The molecule has 0 amide bonds. The maximum atomic E-state index is 11.6. The van der Waals surface area contributed by atoms with Crippen molar-refractivity contribution in [1.29, 1.82) is 0 Å². The number of hydrogen-bond acceptors (Lipinski definition) is 6. The lowest BCUT2D eigenvalue weighted by molar-refractivity contribution is 0.0686. The van der Waals surface area contributed by atoms with Crippen LogP contribution in [0, 0.1) is 17.8 Å². The standard InChI is InChI=1S/C19H27NO3.C19H21NO3/c2*1-12(2)15-6-4-14(5-7-15)11-20-18-9-16(13(3)21)8-17(10-18)19(22)23/h8-10,12,14-15,20H,4-7,11H2,1-3H3,(H,22,23);4-10,12,20H,11H2,1-3H3,(H,22,23). The van der Waals surface area contributed by atoms with E-state index in [1.54, 1.807) is 18.2 Å². The first-order valence-electron chi connectivity index (χ1n) is 16.1. The van der Waals surface area contributed by atoms with Crippen LogP contribution in [0.25, 0.3) is 0 Å². The molecule has 1 aliphatic rings. The molecule has 0 radical (unpaired) electrons. The van der Waals surface area contributed by atoms with Gasteiger partial charge in [0, 0.05) is 35.6 Å². The van der Waals surface area contributed by atoms with E-state index in [1.165, 1.54) is 63.3 Å². The number of ketones is 2. The summed E-state index contributed by atoms with van der Waals surface area (Å²) < 4.78 is 0. The molecule has 0 aliphatic heterocycles. The topological polar surface area (TPSA) is 133 Å². The number of carbonyl (C=O) groups excluding carboxylic acids is 2. The van der Waals surface area contributed by atoms with Crippen LogP contribution in [0.4, 0.5) is 11.4 Å². The van der Waals surface area contributed by atoms with E-state index >= 15 is 0 Å². The predicted molar refractivity (Wildman–Crippen MR) is 183 cm³/mol. The molecule has 246 valence electrons. The van der Waals surface area contributed by atoms with Crippen LogP contribution < -0.4 is 10.6 Å². The van der Waals surface area contributed by atoms with Gasteiger partial charge in [0.15, 0.2) is 11.6 Å². The molecule has 0 atom stereocenters.